The number of nitrogens with one attached hydrogen (secondary N) is 4. The molecule has 1 saturated heterocycles. The summed E-state index contributed by atoms with van der Waals surface area (Å²) >= 11 is 0. The van der Waals surface area contributed by atoms with E-state index in [4.69, 9.17) is 10.5 Å². The van der Waals surface area contributed by atoms with Gasteiger partial charge in [0.15, 0.2) is 0 Å². The summed E-state index contributed by atoms with van der Waals surface area (Å²) in [4.78, 5) is 70.4. The highest BCUT2D eigenvalue weighted by Crippen LogP contribution is 2.28. The topological polar surface area (TPSA) is 192 Å². The van der Waals surface area contributed by atoms with Gasteiger partial charge in [-0.2, -0.15) is 0 Å². The van der Waals surface area contributed by atoms with E-state index in [-0.39, 0.29) is 24.3 Å². The number of unbranched alkanes of at least 4 members (excludes halogenated alkanes) is 3. The van der Waals surface area contributed by atoms with Crippen molar-refractivity contribution in [3.8, 4) is 0 Å². The second-order valence-electron chi connectivity index (χ2n) is 14.2. The first-order chi connectivity index (χ1) is 22.7. The van der Waals surface area contributed by atoms with Gasteiger partial charge in [0.2, 0.25) is 29.5 Å². The third kappa shape index (κ3) is 12.3. The number of hydrogen-bond donors (Lipinski definition) is 6. The van der Waals surface area contributed by atoms with Crippen LogP contribution in [0.15, 0.2) is 0 Å². The van der Waals surface area contributed by atoms with Crippen molar-refractivity contribution in [1.82, 2.24) is 26.2 Å². The van der Waals surface area contributed by atoms with Crippen LogP contribution < -0.4 is 27.0 Å². The van der Waals surface area contributed by atoms with E-state index >= 15 is 0 Å². The van der Waals surface area contributed by atoms with Crippen LogP contribution in [0.25, 0.3) is 0 Å². The highest BCUT2D eigenvalue weighted by atomic mass is 16.5. The maximum absolute atomic E-state index is 14.1. The fourth-order valence-electron chi connectivity index (χ4n) is 6.69. The number of likely N-dealkylation sites (N-methyl/N-ethyl adjacent to an activating group) is 1. The number of aliphatic hydroxyl groups excluding tert-OH is 1. The summed E-state index contributed by atoms with van der Waals surface area (Å²) in [5.41, 5.74) is 5.93. The lowest BCUT2D eigenvalue weighted by Gasteiger charge is -2.37. The Morgan fingerprint density at radius 1 is 0.875 bits per heavy atom. The predicted molar refractivity (Wildman–Crippen MR) is 184 cm³/mol. The van der Waals surface area contributed by atoms with E-state index in [0.29, 0.717) is 19.3 Å². The van der Waals surface area contributed by atoms with Crippen molar-refractivity contribution in [1.29, 1.82) is 0 Å². The SMILES string of the molecule is CCCCCC[C@H]1O[C@@H](CC)NC(=O)[C@H]([C@H](C)O)NC(=O)[C@H](CN)NC(=O)[C@H](C2CCCCC2)NC(=O)[C@H](CC(C)C)N(C)C(=O)[C@@H]1C. The second-order valence-corrected chi connectivity index (χ2v) is 14.2. The molecule has 0 spiro atoms. The summed E-state index contributed by atoms with van der Waals surface area (Å²) < 4.78 is 6.43. The molecule has 2 rings (SSSR count). The number of nitrogens with zero attached hydrogens (tertiary/aromatic N) is 1. The third-order valence-corrected chi connectivity index (χ3v) is 9.75. The van der Waals surface area contributed by atoms with E-state index in [9.17, 15) is 29.1 Å². The quantitative estimate of drug-likeness (QED) is 0.179. The summed E-state index contributed by atoms with van der Waals surface area (Å²) in [5.74, 6) is -3.41. The van der Waals surface area contributed by atoms with E-state index < -0.39 is 72.1 Å². The smallest absolute Gasteiger partial charge is 0.247 e. The van der Waals surface area contributed by atoms with Gasteiger partial charge >= 0.3 is 0 Å². The van der Waals surface area contributed by atoms with Crippen molar-refractivity contribution in [2.75, 3.05) is 13.6 Å². The van der Waals surface area contributed by atoms with Gasteiger partial charge in [-0.15, -0.1) is 0 Å². The molecule has 1 saturated carbocycles. The molecule has 2 fully saturated rings. The molecule has 0 aromatic rings. The Bertz CT molecular complexity index is 1050. The number of carbonyl (C=O) groups excluding carboxylic acids is 5. The predicted octanol–water partition coefficient (Wildman–Crippen LogP) is 2.09. The van der Waals surface area contributed by atoms with Crippen molar-refractivity contribution in [3.63, 3.8) is 0 Å². The summed E-state index contributed by atoms with van der Waals surface area (Å²) in [6, 6.07) is -4.39. The van der Waals surface area contributed by atoms with Gasteiger partial charge in [0.05, 0.1) is 18.1 Å². The van der Waals surface area contributed by atoms with Gasteiger partial charge in [-0.05, 0) is 50.9 Å². The molecule has 7 N–H and O–H groups in total. The fourth-order valence-corrected chi connectivity index (χ4v) is 6.69. The number of carbonyl (C=O) groups is 5. The minimum Gasteiger partial charge on any atom is -0.391 e. The van der Waals surface area contributed by atoms with Crippen LogP contribution in [0, 0.1) is 17.8 Å². The molecular formula is C35H64N6O7. The molecule has 8 atom stereocenters. The van der Waals surface area contributed by atoms with Crippen molar-refractivity contribution in [3.05, 3.63) is 0 Å². The average Bonchev–Trinajstić information content (AvgIpc) is 3.06. The van der Waals surface area contributed by atoms with Crippen molar-refractivity contribution < 1.29 is 33.8 Å². The summed E-state index contributed by atoms with van der Waals surface area (Å²) in [5, 5.41) is 21.5. The van der Waals surface area contributed by atoms with E-state index in [0.717, 1.165) is 57.8 Å². The van der Waals surface area contributed by atoms with Gasteiger partial charge < -0.3 is 41.7 Å². The normalized spacial score (nSPS) is 30.2. The summed E-state index contributed by atoms with van der Waals surface area (Å²) in [6.07, 6.45) is 6.74. The molecule has 5 amide bonds. The minimum atomic E-state index is -1.36. The van der Waals surface area contributed by atoms with Crippen LogP contribution >= 0.6 is 0 Å². The van der Waals surface area contributed by atoms with Gasteiger partial charge in [0.25, 0.3) is 0 Å². The molecule has 48 heavy (non-hydrogen) atoms. The lowest BCUT2D eigenvalue weighted by atomic mass is 9.83. The second kappa shape index (κ2) is 20.7. The first-order valence-electron chi connectivity index (χ1n) is 18.3. The molecule has 2 aliphatic rings. The van der Waals surface area contributed by atoms with Gasteiger partial charge in [0.1, 0.15) is 30.4 Å². The van der Waals surface area contributed by atoms with Crippen molar-refractivity contribution in [2.24, 2.45) is 23.5 Å². The van der Waals surface area contributed by atoms with Crippen LogP contribution in [-0.4, -0.2) is 95.7 Å². The first-order valence-corrected chi connectivity index (χ1v) is 18.3. The van der Waals surface area contributed by atoms with Crippen LogP contribution in [0.4, 0.5) is 0 Å². The first kappa shape index (κ1) is 41.4. The molecule has 0 bridgehead atoms. The lowest BCUT2D eigenvalue weighted by molar-refractivity contribution is -0.151. The lowest BCUT2D eigenvalue weighted by Crippen LogP contribution is -2.63. The largest absolute Gasteiger partial charge is 0.391 e. The molecule has 1 heterocycles. The van der Waals surface area contributed by atoms with Crippen molar-refractivity contribution in [2.45, 2.75) is 161 Å². The Morgan fingerprint density at radius 2 is 1.54 bits per heavy atom. The zero-order valence-electron chi connectivity index (χ0n) is 30.4. The monoisotopic (exact) mass is 680 g/mol. The van der Waals surface area contributed by atoms with E-state index in [1.54, 1.807) is 14.0 Å². The molecule has 0 radical (unpaired) electrons. The fraction of sp³-hybridized carbons (Fsp3) is 0.857. The Balaban J connectivity index is 2.60. The summed E-state index contributed by atoms with van der Waals surface area (Å²) in [7, 11) is 1.62. The van der Waals surface area contributed by atoms with Crippen LogP contribution in [-0.2, 0) is 28.7 Å². The molecular weight excluding hydrogens is 616 g/mol. The van der Waals surface area contributed by atoms with E-state index in [2.05, 4.69) is 28.2 Å². The molecule has 1 aliphatic carbocycles. The average molecular weight is 681 g/mol. The zero-order valence-corrected chi connectivity index (χ0v) is 30.4. The number of amides is 5. The Hall–Kier alpha value is -2.77. The molecule has 0 aromatic heterocycles. The van der Waals surface area contributed by atoms with Crippen LogP contribution in [0.1, 0.15) is 119 Å². The zero-order chi connectivity index (χ0) is 36.0. The summed E-state index contributed by atoms with van der Waals surface area (Å²) in [6.45, 7) is 10.8. The van der Waals surface area contributed by atoms with Crippen LogP contribution in [0.3, 0.4) is 0 Å². The molecule has 0 unspecified atom stereocenters. The maximum Gasteiger partial charge on any atom is 0.247 e. The number of ether oxygens (including phenoxy) is 1. The minimum absolute atomic E-state index is 0.0686. The number of nitrogens with two attached hydrogens (primary N) is 1. The number of hydrogen-bond acceptors (Lipinski definition) is 8. The Morgan fingerprint density at radius 3 is 2.10 bits per heavy atom. The molecule has 276 valence electrons. The van der Waals surface area contributed by atoms with Gasteiger partial charge in [-0.25, -0.2) is 0 Å². The van der Waals surface area contributed by atoms with E-state index in [1.165, 1.54) is 11.8 Å². The number of aliphatic hydroxyl groups is 1. The standard InChI is InChI=1S/C35H64N6O7/c1-8-10-11-15-18-27-22(5)35(47)41(7)26(19-21(3)4)32(44)40-30(24-16-13-12-14-17-24)34(46)37-25(20-36)31(43)39-29(23(6)42)33(45)38-28(9-2)48-27/h21-30,42H,8-20,36H2,1-7H3,(H,37,46)(H,38,45)(H,39,43)(H,40,44)/t22-,23+,25+,26+,27-,28+,29+,30+/m1/s1. The Kier molecular flexibility index (Phi) is 17.8. The molecule has 13 nitrogen and oxygen atoms in total. The highest BCUT2D eigenvalue weighted by molar-refractivity contribution is 5.96. The number of rotatable bonds is 11. The Labute approximate surface area is 287 Å². The van der Waals surface area contributed by atoms with Gasteiger partial charge in [0, 0.05) is 13.6 Å². The van der Waals surface area contributed by atoms with Gasteiger partial charge in [-0.3, -0.25) is 24.0 Å². The van der Waals surface area contributed by atoms with Gasteiger partial charge in [-0.1, -0.05) is 79.6 Å². The molecule has 13 heteroatoms. The van der Waals surface area contributed by atoms with E-state index in [1.807, 2.05) is 20.8 Å². The highest BCUT2D eigenvalue weighted by Gasteiger charge is 2.39. The van der Waals surface area contributed by atoms with Crippen molar-refractivity contribution >= 4 is 29.5 Å². The molecule has 0 aromatic carbocycles. The van der Waals surface area contributed by atoms with Crippen LogP contribution in [0.5, 0.6) is 0 Å². The maximum atomic E-state index is 14.1. The third-order valence-electron chi connectivity index (χ3n) is 9.75. The van der Waals surface area contributed by atoms with Crippen LogP contribution in [0.2, 0.25) is 0 Å². The molecule has 1 aliphatic heterocycles.